The third-order valence-electron chi connectivity index (χ3n) is 6.38. The minimum absolute atomic E-state index is 0.322. The van der Waals surface area contributed by atoms with E-state index in [1.165, 1.54) is 27.4 Å². The molecule has 15 nitrogen and oxygen atoms in total. The van der Waals surface area contributed by atoms with Crippen molar-refractivity contribution in [2.75, 3.05) is 41.2 Å². The number of aliphatic hydroxyl groups excluding tert-OH is 7. The van der Waals surface area contributed by atoms with E-state index in [0.29, 0.717) is 22.8 Å². The fourth-order valence-corrected chi connectivity index (χ4v) is 4.30. The molecule has 2 aliphatic rings. The summed E-state index contributed by atoms with van der Waals surface area (Å²) in [6.45, 7) is -2.59. The summed E-state index contributed by atoms with van der Waals surface area (Å²) < 4.78 is 37.5. The first kappa shape index (κ1) is 31.0. The van der Waals surface area contributed by atoms with Crippen molar-refractivity contribution in [1.29, 1.82) is 0 Å². The Balaban J connectivity index is 1.84. The Morgan fingerprint density at radius 2 is 1.51 bits per heavy atom. The fraction of sp³-hybridized carbons (Fsp3) is 0.625. The molecular weight excluding hydrogens is 528 g/mol. The lowest BCUT2D eigenvalue weighted by Gasteiger charge is -2.43. The second-order valence-corrected chi connectivity index (χ2v) is 8.76. The monoisotopic (exact) mass is 562 g/mol. The molecule has 0 bridgehead atoms. The van der Waals surface area contributed by atoms with Gasteiger partial charge in [-0.3, -0.25) is 0 Å². The first-order valence-electron chi connectivity index (χ1n) is 11.8. The number of carbonyl (C=O) groups excluding carboxylic acids is 1. The average Bonchev–Trinajstić information content (AvgIpc) is 3.21. The Hall–Kier alpha value is -2.57. The van der Waals surface area contributed by atoms with Gasteiger partial charge in [0, 0.05) is 6.08 Å². The van der Waals surface area contributed by atoms with E-state index in [1.807, 2.05) is 0 Å². The maximum absolute atomic E-state index is 12.7. The zero-order chi connectivity index (χ0) is 28.9. The van der Waals surface area contributed by atoms with Gasteiger partial charge in [-0.25, -0.2) is 4.79 Å². The van der Waals surface area contributed by atoms with Crippen LogP contribution in [0, 0.1) is 0 Å². The van der Waals surface area contributed by atoms with Gasteiger partial charge in [0.15, 0.2) is 23.9 Å². The number of rotatable bonds is 11. The number of hydrogen-bond donors (Lipinski definition) is 7. The molecule has 2 fully saturated rings. The van der Waals surface area contributed by atoms with Gasteiger partial charge in [-0.1, -0.05) is 0 Å². The highest BCUT2D eigenvalue weighted by Gasteiger charge is 2.60. The third kappa shape index (κ3) is 6.28. The number of ether oxygens (including phenoxy) is 7. The van der Waals surface area contributed by atoms with Crippen molar-refractivity contribution in [2.24, 2.45) is 0 Å². The SMILES string of the molecule is COc1cc(C=CC(=O)O[C@H]2[C@H](O)[C@@H](CO)O[C@]2(CO)O[C@H]2O[C@H](CO)[C@@H](O)[C@H](O)[C@H]2O)cc(OC)c1OC. The summed E-state index contributed by atoms with van der Waals surface area (Å²) in [5.41, 5.74) is 0.448. The molecule has 7 N–H and O–H groups in total. The molecule has 15 heteroatoms. The molecule has 0 radical (unpaired) electrons. The Kier molecular flexibility index (Phi) is 10.5. The van der Waals surface area contributed by atoms with Gasteiger partial charge >= 0.3 is 5.97 Å². The molecule has 2 aliphatic heterocycles. The Morgan fingerprint density at radius 1 is 0.897 bits per heavy atom. The summed E-state index contributed by atoms with van der Waals surface area (Å²) in [5.74, 6) is -2.43. The summed E-state index contributed by atoms with van der Waals surface area (Å²) in [4.78, 5) is 12.7. The topological polar surface area (TPSA) is 223 Å². The van der Waals surface area contributed by atoms with Gasteiger partial charge in [0.1, 0.15) is 43.2 Å². The van der Waals surface area contributed by atoms with Crippen LogP contribution in [0.15, 0.2) is 18.2 Å². The van der Waals surface area contributed by atoms with Crippen LogP contribution in [0.2, 0.25) is 0 Å². The molecular formula is C24H34O15. The number of aliphatic hydroxyl groups is 7. The molecule has 0 aliphatic carbocycles. The quantitative estimate of drug-likeness (QED) is 0.105. The maximum atomic E-state index is 12.7. The molecule has 3 rings (SSSR count). The van der Waals surface area contributed by atoms with Crippen molar-refractivity contribution in [2.45, 2.75) is 54.8 Å². The van der Waals surface area contributed by atoms with E-state index >= 15 is 0 Å². The van der Waals surface area contributed by atoms with Crippen molar-refractivity contribution in [3.63, 3.8) is 0 Å². The van der Waals surface area contributed by atoms with Crippen LogP contribution < -0.4 is 14.2 Å². The molecule has 2 heterocycles. The molecule has 0 spiro atoms. The lowest BCUT2D eigenvalue weighted by atomic mass is 9.99. The minimum Gasteiger partial charge on any atom is -0.493 e. The predicted molar refractivity (Wildman–Crippen MR) is 128 cm³/mol. The molecule has 0 unspecified atom stereocenters. The van der Waals surface area contributed by atoms with E-state index in [-0.39, 0.29) is 0 Å². The van der Waals surface area contributed by atoms with Crippen LogP contribution in [0.1, 0.15) is 5.56 Å². The third-order valence-corrected chi connectivity index (χ3v) is 6.38. The zero-order valence-corrected chi connectivity index (χ0v) is 21.4. The Bertz CT molecular complexity index is 975. The molecule has 9 atom stereocenters. The van der Waals surface area contributed by atoms with Crippen LogP contribution in [0.3, 0.4) is 0 Å². The molecule has 1 aromatic carbocycles. The van der Waals surface area contributed by atoms with Gasteiger partial charge in [-0.15, -0.1) is 0 Å². The van der Waals surface area contributed by atoms with E-state index in [9.17, 15) is 40.5 Å². The van der Waals surface area contributed by atoms with Crippen LogP contribution in [0.4, 0.5) is 0 Å². The highest BCUT2D eigenvalue weighted by Crippen LogP contribution is 2.39. The lowest BCUT2D eigenvalue weighted by Crippen LogP contribution is -2.63. The van der Waals surface area contributed by atoms with Gasteiger partial charge in [-0.2, -0.15) is 0 Å². The maximum Gasteiger partial charge on any atom is 0.331 e. The van der Waals surface area contributed by atoms with Gasteiger partial charge in [0.25, 0.3) is 0 Å². The van der Waals surface area contributed by atoms with E-state index in [2.05, 4.69) is 0 Å². The van der Waals surface area contributed by atoms with E-state index in [0.717, 1.165) is 6.08 Å². The molecule has 2 saturated heterocycles. The highest BCUT2D eigenvalue weighted by atomic mass is 16.8. The second kappa shape index (κ2) is 13.2. The standard InChI is InChI=1S/C24H34O15/c1-33-12-6-11(7-13(34-2)21(12)35-3)4-5-16(28)37-22-18(30)15(9-26)38-24(22,10-27)39-23-20(32)19(31)17(29)14(8-25)36-23/h4-7,14-15,17-20,22-23,25-27,29-32H,8-10H2,1-3H3/t14-,15-,17-,18-,19+,20-,22+,23-,24-/m1/s1. The number of benzene rings is 1. The van der Waals surface area contributed by atoms with Crippen LogP contribution >= 0.6 is 0 Å². The summed E-state index contributed by atoms with van der Waals surface area (Å²) in [5, 5.41) is 70.3. The number of hydrogen-bond acceptors (Lipinski definition) is 15. The van der Waals surface area contributed by atoms with Crippen molar-refractivity contribution in [3.8, 4) is 17.2 Å². The summed E-state index contributed by atoms with van der Waals surface area (Å²) in [6.07, 6.45) is -11.1. The van der Waals surface area contributed by atoms with Crippen molar-refractivity contribution < 1.29 is 73.7 Å². The molecule has 39 heavy (non-hydrogen) atoms. The first-order chi connectivity index (χ1) is 18.6. The van der Waals surface area contributed by atoms with E-state index in [4.69, 9.17) is 33.2 Å². The minimum atomic E-state index is -2.38. The van der Waals surface area contributed by atoms with Gasteiger partial charge in [0.05, 0.1) is 34.5 Å². The zero-order valence-electron chi connectivity index (χ0n) is 21.4. The van der Waals surface area contributed by atoms with E-state index in [1.54, 1.807) is 12.1 Å². The van der Waals surface area contributed by atoms with Crippen LogP contribution in [-0.2, 0) is 23.7 Å². The molecule has 1 aromatic rings. The summed E-state index contributed by atoms with van der Waals surface area (Å²) in [7, 11) is 4.27. The smallest absolute Gasteiger partial charge is 0.331 e. The lowest BCUT2D eigenvalue weighted by molar-refractivity contribution is -0.383. The predicted octanol–water partition coefficient (Wildman–Crippen LogP) is -3.11. The van der Waals surface area contributed by atoms with Crippen LogP contribution in [0.5, 0.6) is 17.2 Å². The number of esters is 1. The van der Waals surface area contributed by atoms with Gasteiger partial charge in [-0.05, 0) is 23.8 Å². The fourth-order valence-electron chi connectivity index (χ4n) is 4.30. The molecule has 0 saturated carbocycles. The summed E-state index contributed by atoms with van der Waals surface area (Å²) in [6, 6.07) is 3.11. The van der Waals surface area contributed by atoms with Gasteiger partial charge in [0.2, 0.25) is 11.5 Å². The summed E-state index contributed by atoms with van der Waals surface area (Å²) >= 11 is 0. The molecule has 0 aromatic heterocycles. The van der Waals surface area contributed by atoms with E-state index < -0.39 is 80.6 Å². The van der Waals surface area contributed by atoms with Gasteiger partial charge < -0.3 is 68.9 Å². The Labute approximate surface area is 223 Å². The number of carbonyl (C=O) groups is 1. The van der Waals surface area contributed by atoms with Crippen molar-refractivity contribution in [1.82, 2.24) is 0 Å². The molecule has 220 valence electrons. The number of methoxy groups -OCH3 is 3. The first-order valence-corrected chi connectivity index (χ1v) is 11.8. The highest BCUT2D eigenvalue weighted by molar-refractivity contribution is 5.87. The van der Waals surface area contributed by atoms with Crippen LogP contribution in [0.25, 0.3) is 6.08 Å². The van der Waals surface area contributed by atoms with Crippen molar-refractivity contribution >= 4 is 12.0 Å². The van der Waals surface area contributed by atoms with Crippen molar-refractivity contribution in [3.05, 3.63) is 23.8 Å². The largest absolute Gasteiger partial charge is 0.493 e. The average molecular weight is 563 g/mol. The second-order valence-electron chi connectivity index (χ2n) is 8.76. The normalized spacial score (nSPS) is 34.7. The van der Waals surface area contributed by atoms with Crippen LogP contribution in [-0.4, -0.2) is 138 Å². The Morgan fingerprint density at radius 3 is 2.03 bits per heavy atom. The molecule has 0 amide bonds.